The van der Waals surface area contributed by atoms with Crippen molar-refractivity contribution in [3.8, 4) is 0 Å². The topological polar surface area (TPSA) is 30.7 Å². The van der Waals surface area contributed by atoms with Crippen LogP contribution in [0.25, 0.3) is 0 Å². The lowest BCUT2D eigenvalue weighted by atomic mass is 9.93. The number of aryl methyl sites for hydroxylation is 2. The molecule has 3 nitrogen and oxygen atoms in total. The summed E-state index contributed by atoms with van der Waals surface area (Å²) in [5, 5.41) is 4.08. The minimum Gasteiger partial charge on any atom is -0.253 e. The van der Waals surface area contributed by atoms with Gasteiger partial charge in [-0.3, -0.25) is 4.68 Å². The molecule has 0 aliphatic rings. The van der Waals surface area contributed by atoms with Crippen LogP contribution in [0.2, 0.25) is 0 Å². The maximum Gasteiger partial charge on any atom is 0.138 e. The first-order valence-corrected chi connectivity index (χ1v) is 6.20. The molecule has 0 saturated carbocycles. The molecule has 2 rings (SSSR count). The lowest BCUT2D eigenvalue weighted by Crippen LogP contribution is -2.10. The third-order valence-corrected chi connectivity index (χ3v) is 3.42. The smallest absolute Gasteiger partial charge is 0.138 e. The molecule has 0 fully saturated rings. The lowest BCUT2D eigenvalue weighted by Gasteiger charge is -2.16. The van der Waals surface area contributed by atoms with Crippen LogP contribution in [0.1, 0.15) is 22.9 Å². The van der Waals surface area contributed by atoms with E-state index in [9.17, 15) is 0 Å². The van der Waals surface area contributed by atoms with Gasteiger partial charge in [0.05, 0.1) is 0 Å². The summed E-state index contributed by atoms with van der Waals surface area (Å²) >= 11 is 6.09. The molecule has 2 aromatic rings. The van der Waals surface area contributed by atoms with Crippen LogP contribution in [0.3, 0.4) is 0 Å². The number of halogens is 1. The van der Waals surface area contributed by atoms with E-state index in [4.69, 9.17) is 11.6 Å². The average molecular weight is 250 g/mol. The summed E-state index contributed by atoms with van der Waals surface area (Å²) in [6.45, 7) is 2.12. The van der Waals surface area contributed by atoms with E-state index in [1.807, 2.05) is 13.1 Å². The van der Waals surface area contributed by atoms with Crippen LogP contribution >= 0.6 is 11.6 Å². The van der Waals surface area contributed by atoms with E-state index in [0.29, 0.717) is 11.8 Å². The normalized spacial score (nSPS) is 12.6. The summed E-state index contributed by atoms with van der Waals surface area (Å²) < 4.78 is 1.80. The van der Waals surface area contributed by atoms with Crippen LogP contribution in [0.5, 0.6) is 0 Å². The van der Waals surface area contributed by atoms with Crippen molar-refractivity contribution in [2.45, 2.75) is 19.3 Å². The Bertz CT molecular complexity index is 493. The van der Waals surface area contributed by atoms with Gasteiger partial charge in [-0.1, -0.05) is 24.3 Å². The highest BCUT2D eigenvalue weighted by Gasteiger charge is 2.15. The highest BCUT2D eigenvalue weighted by Crippen LogP contribution is 2.24. The van der Waals surface area contributed by atoms with Crippen LogP contribution in [0.15, 0.2) is 30.6 Å². The quantitative estimate of drug-likeness (QED) is 0.780. The molecule has 1 atom stereocenters. The van der Waals surface area contributed by atoms with Gasteiger partial charge in [0.2, 0.25) is 0 Å². The third-order valence-electron chi connectivity index (χ3n) is 3.05. The molecular formula is C13H16ClN3. The fourth-order valence-corrected chi connectivity index (χ4v) is 2.29. The second-order valence-corrected chi connectivity index (χ2v) is 4.52. The van der Waals surface area contributed by atoms with Gasteiger partial charge < -0.3 is 0 Å². The average Bonchev–Trinajstić information content (AvgIpc) is 2.73. The van der Waals surface area contributed by atoms with Crippen molar-refractivity contribution < 1.29 is 0 Å². The van der Waals surface area contributed by atoms with Gasteiger partial charge in [0.25, 0.3) is 0 Å². The lowest BCUT2D eigenvalue weighted by molar-refractivity contribution is 0.646. The van der Waals surface area contributed by atoms with Gasteiger partial charge in [0.1, 0.15) is 12.2 Å². The molecule has 0 amide bonds. The van der Waals surface area contributed by atoms with E-state index in [0.717, 1.165) is 12.2 Å². The Morgan fingerprint density at radius 1 is 1.35 bits per heavy atom. The fourth-order valence-electron chi connectivity index (χ4n) is 2.02. The van der Waals surface area contributed by atoms with Crippen molar-refractivity contribution >= 4 is 11.6 Å². The van der Waals surface area contributed by atoms with Gasteiger partial charge in [-0.2, -0.15) is 5.10 Å². The van der Waals surface area contributed by atoms with Crippen LogP contribution in [0, 0.1) is 6.92 Å². The Labute approximate surface area is 106 Å². The van der Waals surface area contributed by atoms with Crippen molar-refractivity contribution in [3.05, 3.63) is 47.5 Å². The summed E-state index contributed by atoms with van der Waals surface area (Å²) in [7, 11) is 1.91. The molecule has 1 aromatic carbocycles. The van der Waals surface area contributed by atoms with Crippen molar-refractivity contribution in [2.75, 3.05) is 5.88 Å². The van der Waals surface area contributed by atoms with Gasteiger partial charge in [0, 0.05) is 25.3 Å². The minimum absolute atomic E-state index is 0.292. The number of aromatic nitrogens is 3. The summed E-state index contributed by atoms with van der Waals surface area (Å²) in [6.07, 6.45) is 2.41. The maximum atomic E-state index is 6.09. The zero-order valence-electron chi connectivity index (χ0n) is 10.1. The summed E-state index contributed by atoms with van der Waals surface area (Å²) in [5.74, 6) is 1.86. The molecule has 17 heavy (non-hydrogen) atoms. The number of benzene rings is 1. The highest BCUT2D eigenvalue weighted by molar-refractivity contribution is 6.18. The molecule has 0 saturated heterocycles. The van der Waals surface area contributed by atoms with Crippen LogP contribution < -0.4 is 0 Å². The predicted octanol–water partition coefficient (Wildman–Crippen LogP) is 2.69. The van der Waals surface area contributed by atoms with E-state index in [2.05, 4.69) is 35.2 Å². The molecule has 90 valence electrons. The van der Waals surface area contributed by atoms with Crippen LogP contribution in [-0.2, 0) is 13.5 Å². The number of hydrogen-bond donors (Lipinski definition) is 0. The number of alkyl halides is 1. The van der Waals surface area contributed by atoms with Crippen molar-refractivity contribution in [2.24, 2.45) is 7.05 Å². The summed E-state index contributed by atoms with van der Waals surface area (Å²) in [5.41, 5.74) is 2.57. The minimum atomic E-state index is 0.292. The molecule has 0 spiro atoms. The predicted molar refractivity (Wildman–Crippen MR) is 69.3 cm³/mol. The molecule has 1 unspecified atom stereocenters. The van der Waals surface area contributed by atoms with E-state index >= 15 is 0 Å². The molecule has 0 bridgehead atoms. The monoisotopic (exact) mass is 249 g/mol. The summed E-state index contributed by atoms with van der Waals surface area (Å²) in [4.78, 5) is 4.25. The second kappa shape index (κ2) is 5.32. The Kier molecular flexibility index (Phi) is 3.79. The Morgan fingerprint density at radius 2 is 2.12 bits per heavy atom. The number of hydrogen-bond acceptors (Lipinski definition) is 2. The number of nitrogens with zero attached hydrogens (tertiary/aromatic N) is 3. The molecule has 4 heteroatoms. The Balaban J connectivity index is 2.23. The highest BCUT2D eigenvalue weighted by atomic mass is 35.5. The molecule has 0 aliphatic heterocycles. The first-order chi connectivity index (χ1) is 8.22. The van der Waals surface area contributed by atoms with Crippen LogP contribution in [-0.4, -0.2) is 20.6 Å². The fraction of sp³-hybridized carbons (Fsp3) is 0.385. The molecule has 0 aliphatic carbocycles. The van der Waals surface area contributed by atoms with Gasteiger partial charge in [-0.25, -0.2) is 4.98 Å². The Hall–Kier alpha value is -1.35. The molecule has 1 heterocycles. The molecular weight excluding hydrogens is 234 g/mol. The molecule has 0 N–H and O–H groups in total. The summed E-state index contributed by atoms with van der Waals surface area (Å²) in [6, 6.07) is 8.36. The first kappa shape index (κ1) is 12.1. The largest absolute Gasteiger partial charge is 0.253 e. The maximum absolute atomic E-state index is 6.09. The van der Waals surface area contributed by atoms with E-state index in [1.54, 1.807) is 11.0 Å². The standard InChI is InChI=1S/C13H16ClN3/c1-10-5-3-4-6-12(10)11(8-14)7-13-15-9-16-17(13)2/h3-6,9,11H,7-8H2,1-2H3. The van der Waals surface area contributed by atoms with Crippen molar-refractivity contribution in [1.82, 2.24) is 14.8 Å². The second-order valence-electron chi connectivity index (χ2n) is 4.21. The van der Waals surface area contributed by atoms with Gasteiger partial charge in [-0.05, 0) is 18.1 Å². The van der Waals surface area contributed by atoms with Gasteiger partial charge in [0.15, 0.2) is 0 Å². The first-order valence-electron chi connectivity index (χ1n) is 5.66. The van der Waals surface area contributed by atoms with Crippen molar-refractivity contribution in [1.29, 1.82) is 0 Å². The third kappa shape index (κ3) is 2.67. The SMILES string of the molecule is Cc1ccccc1C(CCl)Cc1ncnn1C. The zero-order valence-corrected chi connectivity index (χ0v) is 10.9. The van der Waals surface area contributed by atoms with Gasteiger partial charge in [-0.15, -0.1) is 11.6 Å². The van der Waals surface area contributed by atoms with Crippen molar-refractivity contribution in [3.63, 3.8) is 0 Å². The zero-order chi connectivity index (χ0) is 12.3. The molecule has 1 aromatic heterocycles. The van der Waals surface area contributed by atoms with E-state index in [1.165, 1.54) is 11.1 Å². The number of rotatable bonds is 4. The van der Waals surface area contributed by atoms with E-state index < -0.39 is 0 Å². The Morgan fingerprint density at radius 3 is 2.71 bits per heavy atom. The van der Waals surface area contributed by atoms with Gasteiger partial charge >= 0.3 is 0 Å². The van der Waals surface area contributed by atoms with E-state index in [-0.39, 0.29) is 0 Å². The van der Waals surface area contributed by atoms with Crippen LogP contribution in [0.4, 0.5) is 0 Å². The molecule has 0 radical (unpaired) electrons.